The number of aryl methyl sites for hydroxylation is 2. The minimum atomic E-state index is -1.08. The number of nitrogens with zero attached hydrogens (tertiary/aromatic N) is 1. The van der Waals surface area contributed by atoms with Crippen LogP contribution in [-0.2, 0) is 9.53 Å². The maximum Gasteiger partial charge on any atom is 0.337 e. The number of carboxylic acids is 1. The number of fused-ring (bicyclic) bond motifs is 1. The average Bonchev–Trinajstić information content (AvgIpc) is 2.59. The van der Waals surface area contributed by atoms with Crippen LogP contribution in [0.2, 0.25) is 0 Å². The van der Waals surface area contributed by atoms with Crippen LogP contribution < -0.4 is 0 Å². The van der Waals surface area contributed by atoms with Gasteiger partial charge in [0.25, 0.3) is 0 Å². The van der Waals surface area contributed by atoms with Crippen molar-refractivity contribution in [2.45, 2.75) is 46.3 Å². The topological polar surface area (TPSA) is 59.4 Å². The molecule has 0 fully saturated rings. The fourth-order valence-corrected chi connectivity index (χ4v) is 3.32. The van der Waals surface area contributed by atoms with Crippen LogP contribution in [0.25, 0.3) is 22.0 Å². The van der Waals surface area contributed by atoms with Crippen molar-refractivity contribution in [2.75, 3.05) is 0 Å². The number of rotatable bonds is 4. The van der Waals surface area contributed by atoms with E-state index in [1.54, 1.807) is 6.20 Å². The van der Waals surface area contributed by atoms with Crippen LogP contribution in [0.1, 0.15) is 43.6 Å². The number of carboxylic acid groups (broad SMARTS) is 1. The molecule has 4 heteroatoms. The van der Waals surface area contributed by atoms with E-state index < -0.39 is 17.7 Å². The van der Waals surface area contributed by atoms with Crippen molar-refractivity contribution in [1.82, 2.24) is 4.98 Å². The molecule has 0 saturated heterocycles. The van der Waals surface area contributed by atoms with E-state index in [2.05, 4.69) is 4.98 Å². The smallest absolute Gasteiger partial charge is 0.337 e. The monoisotopic (exact) mass is 363 g/mol. The summed E-state index contributed by atoms with van der Waals surface area (Å²) in [7, 11) is 0. The molecule has 0 aliphatic heterocycles. The number of carbonyl (C=O) groups is 1. The van der Waals surface area contributed by atoms with Gasteiger partial charge < -0.3 is 9.84 Å². The average molecular weight is 363 g/mol. The maximum absolute atomic E-state index is 12.2. The molecule has 1 aromatic heterocycles. The van der Waals surface area contributed by atoms with Gasteiger partial charge >= 0.3 is 5.97 Å². The lowest BCUT2D eigenvalue weighted by Gasteiger charge is -2.28. The zero-order chi connectivity index (χ0) is 19.8. The number of aliphatic carboxylic acids is 1. The van der Waals surface area contributed by atoms with Crippen LogP contribution >= 0.6 is 0 Å². The Kier molecular flexibility index (Phi) is 5.03. The Hall–Kier alpha value is -2.72. The number of hydrogen-bond acceptors (Lipinski definition) is 3. The van der Waals surface area contributed by atoms with Gasteiger partial charge in [0, 0.05) is 17.3 Å². The van der Waals surface area contributed by atoms with Crippen LogP contribution in [0, 0.1) is 13.8 Å². The molecule has 1 heterocycles. The van der Waals surface area contributed by atoms with Crippen LogP contribution in [0.5, 0.6) is 0 Å². The normalized spacial score (nSPS) is 12.9. The number of aromatic nitrogens is 1. The molecule has 1 N–H and O–H groups in total. The molecule has 0 aliphatic rings. The highest BCUT2D eigenvalue weighted by atomic mass is 16.5. The highest BCUT2D eigenvalue weighted by Gasteiger charge is 2.31. The molecule has 0 spiro atoms. The van der Waals surface area contributed by atoms with Crippen molar-refractivity contribution < 1.29 is 14.6 Å². The molecule has 1 unspecified atom stereocenters. The summed E-state index contributed by atoms with van der Waals surface area (Å²) in [6.07, 6.45) is 0.726. The van der Waals surface area contributed by atoms with Gasteiger partial charge in [-0.1, -0.05) is 36.4 Å². The summed E-state index contributed by atoms with van der Waals surface area (Å²) in [4.78, 5) is 16.7. The van der Waals surface area contributed by atoms with E-state index in [1.165, 1.54) is 0 Å². The van der Waals surface area contributed by atoms with Gasteiger partial charge in [0.15, 0.2) is 6.10 Å². The number of hydrogen-bond donors (Lipinski definition) is 1. The van der Waals surface area contributed by atoms with E-state index in [9.17, 15) is 9.90 Å². The third kappa shape index (κ3) is 4.01. The van der Waals surface area contributed by atoms with Crippen LogP contribution in [-0.4, -0.2) is 21.7 Å². The molecule has 0 bridgehead atoms. The molecule has 4 nitrogen and oxygen atoms in total. The summed E-state index contributed by atoms with van der Waals surface area (Å²) in [5.41, 5.74) is 3.56. The van der Waals surface area contributed by atoms with Crippen LogP contribution in [0.3, 0.4) is 0 Å². The minimum Gasteiger partial charge on any atom is -0.479 e. The lowest BCUT2D eigenvalue weighted by atomic mass is 9.89. The summed E-state index contributed by atoms with van der Waals surface area (Å²) < 4.78 is 5.97. The van der Waals surface area contributed by atoms with E-state index in [0.717, 1.165) is 33.2 Å². The molecule has 0 saturated carbocycles. The molecule has 140 valence electrons. The third-order valence-corrected chi connectivity index (χ3v) is 4.42. The lowest BCUT2D eigenvalue weighted by Crippen LogP contribution is -2.28. The van der Waals surface area contributed by atoms with E-state index in [0.29, 0.717) is 5.56 Å². The Morgan fingerprint density at radius 2 is 1.81 bits per heavy atom. The Balaban J connectivity index is 2.37. The molecule has 1 atom stereocenters. The standard InChI is InChI=1S/C23H25NO3/c1-14-10-11-18(24-13-14)20-17-9-7-6-8-16(17)12-15(2)19(20)21(22(25)26)27-23(3,4)5/h6-13,21H,1-5H3,(H,25,26). The van der Waals surface area contributed by atoms with Crippen molar-refractivity contribution in [3.63, 3.8) is 0 Å². The second-order valence-corrected chi connectivity index (χ2v) is 7.87. The van der Waals surface area contributed by atoms with Gasteiger partial charge in [0.1, 0.15) is 0 Å². The van der Waals surface area contributed by atoms with Gasteiger partial charge in [-0.25, -0.2) is 4.79 Å². The van der Waals surface area contributed by atoms with Crippen molar-refractivity contribution in [1.29, 1.82) is 0 Å². The highest BCUT2D eigenvalue weighted by Crippen LogP contribution is 2.39. The van der Waals surface area contributed by atoms with Gasteiger partial charge in [-0.3, -0.25) is 4.98 Å². The Morgan fingerprint density at radius 1 is 1.11 bits per heavy atom. The number of pyridine rings is 1. The molecule has 0 aliphatic carbocycles. The van der Waals surface area contributed by atoms with E-state index in [1.807, 2.05) is 77.1 Å². The third-order valence-electron chi connectivity index (χ3n) is 4.42. The van der Waals surface area contributed by atoms with Gasteiger partial charge in [0.2, 0.25) is 0 Å². The zero-order valence-electron chi connectivity index (χ0n) is 16.4. The molecule has 0 amide bonds. The predicted octanol–water partition coefficient (Wildman–Crippen LogP) is 5.46. The molecule has 2 aromatic carbocycles. The van der Waals surface area contributed by atoms with Gasteiger partial charge in [-0.05, 0) is 62.6 Å². The maximum atomic E-state index is 12.2. The molecule has 3 aromatic rings. The summed E-state index contributed by atoms with van der Waals surface area (Å²) >= 11 is 0. The van der Waals surface area contributed by atoms with Crippen molar-refractivity contribution in [3.05, 3.63) is 65.4 Å². The minimum absolute atomic E-state index is 0.598. The quantitative estimate of drug-likeness (QED) is 0.669. The van der Waals surface area contributed by atoms with Gasteiger partial charge in [0.05, 0.1) is 11.3 Å². The summed E-state index contributed by atoms with van der Waals surface area (Å²) in [5, 5.41) is 12.0. The summed E-state index contributed by atoms with van der Waals surface area (Å²) in [5.74, 6) is -1.00. The molecule has 3 rings (SSSR count). The second kappa shape index (κ2) is 7.12. The first-order valence-corrected chi connectivity index (χ1v) is 9.03. The van der Waals surface area contributed by atoms with E-state index in [-0.39, 0.29) is 0 Å². The van der Waals surface area contributed by atoms with Crippen molar-refractivity contribution >= 4 is 16.7 Å². The fraction of sp³-hybridized carbons (Fsp3) is 0.304. The van der Waals surface area contributed by atoms with Crippen molar-refractivity contribution in [2.24, 2.45) is 0 Å². The lowest BCUT2D eigenvalue weighted by molar-refractivity contribution is -0.160. The largest absolute Gasteiger partial charge is 0.479 e. The Bertz CT molecular complexity index is 985. The zero-order valence-corrected chi connectivity index (χ0v) is 16.4. The number of benzene rings is 2. The first kappa shape index (κ1) is 19.1. The predicted molar refractivity (Wildman–Crippen MR) is 108 cm³/mol. The van der Waals surface area contributed by atoms with Crippen LogP contribution in [0.4, 0.5) is 0 Å². The number of ether oxygens (including phenoxy) is 1. The highest BCUT2D eigenvalue weighted by molar-refractivity contribution is 6.00. The van der Waals surface area contributed by atoms with Gasteiger partial charge in [-0.15, -0.1) is 0 Å². The SMILES string of the molecule is Cc1ccc(-c2c(C(OC(C)(C)C)C(=O)O)c(C)cc3ccccc23)nc1. The summed E-state index contributed by atoms with van der Waals surface area (Å²) in [6.45, 7) is 9.51. The molecule has 0 radical (unpaired) electrons. The molecular formula is C23H25NO3. The van der Waals surface area contributed by atoms with Crippen LogP contribution in [0.15, 0.2) is 48.7 Å². The Labute approximate surface area is 159 Å². The second-order valence-electron chi connectivity index (χ2n) is 7.87. The fourth-order valence-electron chi connectivity index (χ4n) is 3.32. The van der Waals surface area contributed by atoms with Gasteiger partial charge in [-0.2, -0.15) is 0 Å². The van der Waals surface area contributed by atoms with E-state index in [4.69, 9.17) is 4.74 Å². The Morgan fingerprint density at radius 3 is 2.41 bits per heavy atom. The molecule has 27 heavy (non-hydrogen) atoms. The first-order valence-electron chi connectivity index (χ1n) is 9.03. The van der Waals surface area contributed by atoms with Crippen molar-refractivity contribution in [3.8, 4) is 11.3 Å². The van der Waals surface area contributed by atoms with E-state index >= 15 is 0 Å². The summed E-state index contributed by atoms with van der Waals surface area (Å²) in [6, 6.07) is 13.9. The molecular weight excluding hydrogens is 338 g/mol. The first-order chi connectivity index (χ1) is 12.7.